The van der Waals surface area contributed by atoms with Crippen LogP contribution in [0.5, 0.6) is 0 Å². The maximum atomic E-state index is 4.42. The lowest BCUT2D eigenvalue weighted by atomic mass is 9.94. The van der Waals surface area contributed by atoms with E-state index in [0.717, 1.165) is 0 Å². The van der Waals surface area contributed by atoms with Gasteiger partial charge in [0.05, 0.1) is 0 Å². The predicted octanol–water partition coefficient (Wildman–Crippen LogP) is 5.26. The van der Waals surface area contributed by atoms with Crippen LogP contribution in [0.2, 0.25) is 0 Å². The monoisotopic (exact) mass is 298 g/mol. The molecule has 0 saturated heterocycles. The van der Waals surface area contributed by atoms with Crippen LogP contribution in [0.4, 0.5) is 0 Å². The minimum absolute atomic E-state index is 1.19. The Hall–Kier alpha value is -2.61. The molecule has 1 N–H and O–H groups in total. The number of nitrogens with zero attached hydrogens (tertiary/aromatic N) is 1. The average molecular weight is 298 g/mol. The Morgan fingerprint density at radius 1 is 0.870 bits per heavy atom. The van der Waals surface area contributed by atoms with Gasteiger partial charge in [0.25, 0.3) is 0 Å². The van der Waals surface area contributed by atoms with Crippen molar-refractivity contribution in [1.82, 2.24) is 9.97 Å². The van der Waals surface area contributed by atoms with Gasteiger partial charge in [-0.1, -0.05) is 36.4 Å². The molecular weight excluding hydrogens is 280 g/mol. The number of nitrogens with one attached hydrogen (secondary N) is 1. The first-order valence-corrected chi connectivity index (χ1v) is 8.37. The van der Waals surface area contributed by atoms with Gasteiger partial charge in [-0.3, -0.25) is 4.98 Å². The molecule has 112 valence electrons. The number of hydrogen-bond donors (Lipinski definition) is 1. The van der Waals surface area contributed by atoms with E-state index in [4.69, 9.17) is 0 Å². The number of H-pyrrole nitrogens is 1. The third kappa shape index (κ3) is 1.98. The fraction of sp³-hybridized carbons (Fsp3) is 0.190. The molecule has 0 atom stereocenters. The maximum absolute atomic E-state index is 4.42. The van der Waals surface area contributed by atoms with E-state index in [1.54, 1.807) is 0 Å². The number of pyridine rings is 1. The van der Waals surface area contributed by atoms with Gasteiger partial charge < -0.3 is 4.98 Å². The number of aromatic nitrogens is 2. The zero-order valence-corrected chi connectivity index (χ0v) is 13.0. The fourth-order valence-electron chi connectivity index (χ4n) is 3.93. The van der Waals surface area contributed by atoms with Gasteiger partial charge in [0, 0.05) is 39.9 Å². The van der Waals surface area contributed by atoms with E-state index in [-0.39, 0.29) is 0 Å². The molecule has 0 bridgehead atoms. The first kappa shape index (κ1) is 12.9. The van der Waals surface area contributed by atoms with Crippen LogP contribution in [-0.2, 0) is 12.8 Å². The summed E-state index contributed by atoms with van der Waals surface area (Å²) in [6, 6.07) is 15.3. The molecule has 4 aromatic rings. The zero-order chi connectivity index (χ0) is 15.2. The number of fused-ring (bicyclic) bond motifs is 4. The van der Waals surface area contributed by atoms with Gasteiger partial charge in [-0.05, 0) is 48.3 Å². The lowest BCUT2D eigenvalue weighted by Gasteiger charge is -2.10. The first-order valence-electron chi connectivity index (χ1n) is 8.37. The van der Waals surface area contributed by atoms with Crippen LogP contribution in [0.1, 0.15) is 24.1 Å². The van der Waals surface area contributed by atoms with Crippen molar-refractivity contribution in [2.45, 2.75) is 25.7 Å². The van der Waals surface area contributed by atoms with E-state index >= 15 is 0 Å². The number of aromatic amines is 1. The molecule has 2 nitrogen and oxygen atoms in total. The molecule has 5 rings (SSSR count). The standard InChI is InChI=1S/C21H18N2/c1-2-6-16-15(5-1)12-22-13-19(16)14-9-10-18-17-7-3-4-8-20(17)23-21(18)11-14/h1-2,5-6,9-13,23H,3-4,7-8H2. The predicted molar refractivity (Wildman–Crippen MR) is 95.7 cm³/mol. The molecule has 23 heavy (non-hydrogen) atoms. The Balaban J connectivity index is 1.73. The minimum Gasteiger partial charge on any atom is -0.358 e. The van der Waals surface area contributed by atoms with Crippen molar-refractivity contribution in [3.63, 3.8) is 0 Å². The van der Waals surface area contributed by atoms with Gasteiger partial charge in [0.15, 0.2) is 0 Å². The van der Waals surface area contributed by atoms with Crippen molar-refractivity contribution in [2.75, 3.05) is 0 Å². The van der Waals surface area contributed by atoms with Gasteiger partial charge in [0.2, 0.25) is 0 Å². The van der Waals surface area contributed by atoms with Crippen LogP contribution in [0.3, 0.4) is 0 Å². The highest BCUT2D eigenvalue weighted by molar-refractivity contribution is 5.98. The quantitative estimate of drug-likeness (QED) is 0.510. The summed E-state index contributed by atoms with van der Waals surface area (Å²) in [5, 5.41) is 3.85. The summed E-state index contributed by atoms with van der Waals surface area (Å²) in [5.41, 5.74) is 6.69. The summed E-state index contributed by atoms with van der Waals surface area (Å²) in [6.45, 7) is 0. The Labute approximate surface area is 135 Å². The number of aryl methyl sites for hydroxylation is 2. The number of benzene rings is 2. The molecule has 0 aliphatic heterocycles. The van der Waals surface area contributed by atoms with Crippen molar-refractivity contribution < 1.29 is 0 Å². The van der Waals surface area contributed by atoms with Crippen molar-refractivity contribution in [1.29, 1.82) is 0 Å². The smallest absolute Gasteiger partial charge is 0.0465 e. The second-order valence-corrected chi connectivity index (χ2v) is 6.46. The minimum atomic E-state index is 1.19. The first-order chi connectivity index (χ1) is 11.4. The highest BCUT2D eigenvalue weighted by Gasteiger charge is 2.15. The molecule has 1 aliphatic carbocycles. The average Bonchev–Trinajstić information content (AvgIpc) is 2.99. The van der Waals surface area contributed by atoms with Crippen LogP contribution in [0.25, 0.3) is 32.8 Å². The molecule has 0 saturated carbocycles. The molecule has 0 fully saturated rings. The summed E-state index contributed by atoms with van der Waals surface area (Å²) >= 11 is 0. The van der Waals surface area contributed by atoms with Crippen molar-refractivity contribution in [3.05, 3.63) is 66.1 Å². The molecule has 0 amide bonds. The number of hydrogen-bond acceptors (Lipinski definition) is 1. The molecule has 0 spiro atoms. The third-order valence-corrected chi connectivity index (χ3v) is 5.08. The summed E-state index contributed by atoms with van der Waals surface area (Å²) in [5.74, 6) is 0. The highest BCUT2D eigenvalue weighted by atomic mass is 14.7. The Morgan fingerprint density at radius 3 is 2.78 bits per heavy atom. The molecule has 2 heterocycles. The lowest BCUT2D eigenvalue weighted by Crippen LogP contribution is -1.99. The van der Waals surface area contributed by atoms with E-state index in [2.05, 4.69) is 52.4 Å². The summed E-state index contributed by atoms with van der Waals surface area (Å²) in [7, 11) is 0. The van der Waals surface area contributed by atoms with Crippen molar-refractivity contribution in [3.8, 4) is 11.1 Å². The van der Waals surface area contributed by atoms with Crippen LogP contribution in [0.15, 0.2) is 54.9 Å². The summed E-state index contributed by atoms with van der Waals surface area (Å²) in [4.78, 5) is 8.08. The number of rotatable bonds is 1. The van der Waals surface area contributed by atoms with Crippen LogP contribution < -0.4 is 0 Å². The van der Waals surface area contributed by atoms with E-state index < -0.39 is 0 Å². The Kier molecular flexibility index (Phi) is 2.77. The van der Waals surface area contributed by atoms with Gasteiger partial charge in [0.1, 0.15) is 0 Å². The van der Waals surface area contributed by atoms with Gasteiger partial charge in [-0.25, -0.2) is 0 Å². The van der Waals surface area contributed by atoms with Gasteiger partial charge >= 0.3 is 0 Å². The molecule has 2 aromatic carbocycles. The topological polar surface area (TPSA) is 28.7 Å². The summed E-state index contributed by atoms with van der Waals surface area (Å²) < 4.78 is 0. The molecular formula is C21H18N2. The van der Waals surface area contributed by atoms with E-state index in [9.17, 15) is 0 Å². The molecule has 1 aliphatic rings. The molecule has 0 radical (unpaired) electrons. The Morgan fingerprint density at radius 2 is 1.78 bits per heavy atom. The normalized spacial score (nSPS) is 14.3. The summed E-state index contributed by atoms with van der Waals surface area (Å²) in [6.07, 6.45) is 8.94. The molecule has 0 unspecified atom stereocenters. The van der Waals surface area contributed by atoms with Gasteiger partial charge in [-0.15, -0.1) is 0 Å². The SMILES string of the molecule is c1ccc2c(-c3ccc4c5c([nH]c4c3)CCCC5)cncc2c1. The fourth-order valence-corrected chi connectivity index (χ4v) is 3.93. The third-order valence-electron chi connectivity index (χ3n) is 5.08. The van der Waals surface area contributed by atoms with Crippen LogP contribution >= 0.6 is 0 Å². The van der Waals surface area contributed by atoms with Gasteiger partial charge in [-0.2, -0.15) is 0 Å². The Bertz CT molecular complexity index is 1020. The lowest BCUT2D eigenvalue weighted by molar-refractivity contribution is 0.680. The second-order valence-electron chi connectivity index (χ2n) is 6.46. The molecule has 2 heteroatoms. The zero-order valence-electron chi connectivity index (χ0n) is 13.0. The highest BCUT2D eigenvalue weighted by Crippen LogP contribution is 2.33. The van der Waals surface area contributed by atoms with Crippen LogP contribution in [-0.4, -0.2) is 9.97 Å². The largest absolute Gasteiger partial charge is 0.358 e. The van der Waals surface area contributed by atoms with Crippen LogP contribution in [0, 0.1) is 0 Å². The second kappa shape index (κ2) is 4.95. The maximum Gasteiger partial charge on any atom is 0.0465 e. The van der Waals surface area contributed by atoms with Crippen molar-refractivity contribution >= 4 is 21.7 Å². The van der Waals surface area contributed by atoms with E-state index in [0.29, 0.717) is 0 Å². The van der Waals surface area contributed by atoms with Crippen molar-refractivity contribution in [2.24, 2.45) is 0 Å². The molecule has 2 aromatic heterocycles. The van der Waals surface area contributed by atoms with E-state index in [1.165, 1.54) is 69.7 Å². The van der Waals surface area contributed by atoms with E-state index in [1.807, 2.05) is 12.4 Å².